The van der Waals surface area contributed by atoms with Crippen molar-refractivity contribution in [3.63, 3.8) is 0 Å². The van der Waals surface area contributed by atoms with E-state index in [0.29, 0.717) is 12.3 Å². The molecule has 0 saturated carbocycles. The molecular formula is C20H21N3O3. The number of amides is 1. The lowest BCUT2D eigenvalue weighted by atomic mass is 10.0. The minimum absolute atomic E-state index is 0.113. The number of rotatable bonds is 6. The van der Waals surface area contributed by atoms with Gasteiger partial charge in [-0.15, -0.1) is 5.10 Å². The first kappa shape index (κ1) is 17.7. The Morgan fingerprint density at radius 3 is 2.46 bits per heavy atom. The van der Waals surface area contributed by atoms with Crippen molar-refractivity contribution in [2.45, 2.75) is 26.7 Å². The van der Waals surface area contributed by atoms with Gasteiger partial charge in [0.1, 0.15) is 5.75 Å². The molecule has 134 valence electrons. The van der Waals surface area contributed by atoms with Gasteiger partial charge < -0.3 is 9.15 Å². The summed E-state index contributed by atoms with van der Waals surface area (Å²) in [7, 11) is 1.62. The van der Waals surface area contributed by atoms with Gasteiger partial charge in [0.25, 0.3) is 0 Å². The number of anilines is 1. The molecule has 1 heterocycles. The summed E-state index contributed by atoms with van der Waals surface area (Å²) in [5.74, 6) is 1.04. The lowest BCUT2D eigenvalue weighted by Crippen LogP contribution is -2.14. The number of nitrogens with zero attached hydrogens (tertiary/aromatic N) is 2. The summed E-state index contributed by atoms with van der Waals surface area (Å²) in [4.78, 5) is 12.2. The van der Waals surface area contributed by atoms with Crippen molar-refractivity contribution in [3.05, 3.63) is 70.6 Å². The number of nitrogens with one attached hydrogen (secondary N) is 1. The van der Waals surface area contributed by atoms with E-state index in [1.165, 1.54) is 5.56 Å². The Labute approximate surface area is 152 Å². The van der Waals surface area contributed by atoms with E-state index in [4.69, 9.17) is 9.15 Å². The molecule has 0 aliphatic carbocycles. The zero-order valence-electron chi connectivity index (χ0n) is 15.1. The van der Waals surface area contributed by atoms with Gasteiger partial charge in [-0.2, -0.15) is 0 Å². The van der Waals surface area contributed by atoms with E-state index < -0.39 is 0 Å². The van der Waals surface area contributed by atoms with Crippen molar-refractivity contribution in [3.8, 4) is 5.75 Å². The minimum Gasteiger partial charge on any atom is -0.497 e. The molecule has 3 aromatic rings. The molecule has 1 N–H and O–H groups in total. The number of hydrogen-bond donors (Lipinski definition) is 1. The normalized spacial score (nSPS) is 10.6. The number of ether oxygens (including phenoxy) is 1. The topological polar surface area (TPSA) is 77.3 Å². The molecular weight excluding hydrogens is 330 g/mol. The number of aryl methyl sites for hydroxylation is 2. The van der Waals surface area contributed by atoms with Crippen molar-refractivity contribution in [2.75, 3.05) is 12.4 Å². The summed E-state index contributed by atoms with van der Waals surface area (Å²) in [6.45, 7) is 4.07. The molecule has 0 atom stereocenters. The lowest BCUT2D eigenvalue weighted by Gasteiger charge is -2.04. The fourth-order valence-electron chi connectivity index (χ4n) is 2.56. The summed E-state index contributed by atoms with van der Waals surface area (Å²) in [6.07, 6.45) is 0.751. The summed E-state index contributed by atoms with van der Waals surface area (Å²) in [5.41, 5.74) is 4.33. The molecule has 0 radical (unpaired) electrons. The smallest absolute Gasteiger partial charge is 0.322 e. The van der Waals surface area contributed by atoms with Crippen LogP contribution in [0.15, 0.2) is 46.9 Å². The molecule has 6 nitrogen and oxygen atoms in total. The van der Waals surface area contributed by atoms with Crippen LogP contribution in [0.5, 0.6) is 5.75 Å². The minimum atomic E-state index is -0.187. The highest BCUT2D eigenvalue weighted by Crippen LogP contribution is 2.16. The molecule has 1 aromatic heterocycles. The number of aromatic nitrogens is 2. The van der Waals surface area contributed by atoms with Crippen LogP contribution < -0.4 is 10.1 Å². The van der Waals surface area contributed by atoms with E-state index in [9.17, 15) is 4.79 Å². The highest BCUT2D eigenvalue weighted by atomic mass is 16.5. The highest BCUT2D eigenvalue weighted by molar-refractivity contribution is 5.90. The van der Waals surface area contributed by atoms with E-state index in [1.807, 2.05) is 56.3 Å². The van der Waals surface area contributed by atoms with Crippen molar-refractivity contribution < 1.29 is 13.9 Å². The predicted octanol–water partition coefficient (Wildman–Crippen LogP) is 3.47. The van der Waals surface area contributed by atoms with E-state index in [0.717, 1.165) is 22.4 Å². The van der Waals surface area contributed by atoms with Gasteiger partial charge in [-0.3, -0.25) is 10.1 Å². The van der Waals surface area contributed by atoms with Crippen molar-refractivity contribution >= 4 is 11.9 Å². The van der Waals surface area contributed by atoms with Crippen LogP contribution in [-0.4, -0.2) is 23.2 Å². The Hall–Kier alpha value is -3.15. The third kappa shape index (κ3) is 4.47. The Bertz CT molecular complexity index is 901. The van der Waals surface area contributed by atoms with Gasteiger partial charge in [0.2, 0.25) is 11.8 Å². The van der Waals surface area contributed by atoms with Crippen LogP contribution in [0.4, 0.5) is 6.01 Å². The molecule has 0 bridgehead atoms. The Balaban J connectivity index is 1.58. The van der Waals surface area contributed by atoms with E-state index in [-0.39, 0.29) is 18.3 Å². The summed E-state index contributed by atoms with van der Waals surface area (Å²) < 4.78 is 10.6. The lowest BCUT2D eigenvalue weighted by molar-refractivity contribution is -0.115. The van der Waals surface area contributed by atoms with Crippen LogP contribution in [-0.2, 0) is 17.6 Å². The van der Waals surface area contributed by atoms with Gasteiger partial charge >= 0.3 is 6.01 Å². The van der Waals surface area contributed by atoms with E-state index in [2.05, 4.69) is 15.5 Å². The fraction of sp³-hybridized carbons (Fsp3) is 0.250. The van der Waals surface area contributed by atoms with E-state index >= 15 is 0 Å². The molecule has 26 heavy (non-hydrogen) atoms. The second-order valence-corrected chi connectivity index (χ2v) is 6.17. The first-order valence-electron chi connectivity index (χ1n) is 8.35. The Morgan fingerprint density at radius 1 is 1.04 bits per heavy atom. The number of carbonyl (C=O) groups is 1. The van der Waals surface area contributed by atoms with Gasteiger partial charge in [0.05, 0.1) is 20.0 Å². The molecule has 3 rings (SSSR count). The molecule has 0 saturated heterocycles. The van der Waals surface area contributed by atoms with Gasteiger partial charge in [-0.05, 0) is 48.2 Å². The average Bonchev–Trinajstić information content (AvgIpc) is 3.05. The predicted molar refractivity (Wildman–Crippen MR) is 98.3 cm³/mol. The molecule has 0 aliphatic rings. The van der Waals surface area contributed by atoms with Gasteiger partial charge in [-0.1, -0.05) is 35.4 Å². The summed E-state index contributed by atoms with van der Waals surface area (Å²) in [6, 6.07) is 13.7. The molecule has 6 heteroatoms. The number of methoxy groups -OCH3 is 1. The average molecular weight is 351 g/mol. The van der Waals surface area contributed by atoms with E-state index in [1.54, 1.807) is 7.11 Å². The number of hydrogen-bond acceptors (Lipinski definition) is 5. The van der Waals surface area contributed by atoms with Gasteiger partial charge in [0, 0.05) is 0 Å². The van der Waals surface area contributed by atoms with Crippen molar-refractivity contribution in [1.82, 2.24) is 10.2 Å². The summed E-state index contributed by atoms with van der Waals surface area (Å²) >= 11 is 0. The summed E-state index contributed by atoms with van der Waals surface area (Å²) in [5, 5.41) is 10.5. The van der Waals surface area contributed by atoms with Gasteiger partial charge in [0.15, 0.2) is 0 Å². The standard InChI is InChI=1S/C20H21N3O3/c1-13-4-5-16(10-14(13)2)11-18(24)21-20-23-22-19(26-20)12-15-6-8-17(25-3)9-7-15/h4-10H,11-12H2,1-3H3,(H,21,23,24). The Morgan fingerprint density at radius 2 is 1.77 bits per heavy atom. The zero-order valence-corrected chi connectivity index (χ0v) is 15.1. The van der Waals surface area contributed by atoms with Crippen LogP contribution >= 0.6 is 0 Å². The highest BCUT2D eigenvalue weighted by Gasteiger charge is 2.11. The zero-order chi connectivity index (χ0) is 18.5. The fourth-order valence-corrected chi connectivity index (χ4v) is 2.56. The molecule has 0 spiro atoms. The number of benzene rings is 2. The first-order chi connectivity index (χ1) is 12.5. The van der Waals surface area contributed by atoms with Crippen molar-refractivity contribution in [1.29, 1.82) is 0 Å². The molecule has 2 aromatic carbocycles. The Kier molecular flexibility index (Phi) is 5.31. The second kappa shape index (κ2) is 7.82. The molecule has 0 unspecified atom stereocenters. The molecule has 0 aliphatic heterocycles. The monoisotopic (exact) mass is 351 g/mol. The SMILES string of the molecule is COc1ccc(Cc2nnc(NC(=O)Cc3ccc(C)c(C)c3)o2)cc1. The van der Waals surface area contributed by atoms with Crippen LogP contribution in [0, 0.1) is 13.8 Å². The van der Waals surface area contributed by atoms with Gasteiger partial charge in [-0.25, -0.2) is 0 Å². The van der Waals surface area contributed by atoms with Crippen LogP contribution in [0.1, 0.15) is 28.1 Å². The van der Waals surface area contributed by atoms with Crippen LogP contribution in [0.3, 0.4) is 0 Å². The maximum absolute atomic E-state index is 12.2. The number of carbonyl (C=O) groups excluding carboxylic acids is 1. The largest absolute Gasteiger partial charge is 0.497 e. The van der Waals surface area contributed by atoms with Crippen LogP contribution in [0.2, 0.25) is 0 Å². The third-order valence-electron chi connectivity index (χ3n) is 4.16. The quantitative estimate of drug-likeness (QED) is 0.736. The van der Waals surface area contributed by atoms with Crippen molar-refractivity contribution in [2.24, 2.45) is 0 Å². The molecule has 1 amide bonds. The first-order valence-corrected chi connectivity index (χ1v) is 8.35. The second-order valence-electron chi connectivity index (χ2n) is 6.17. The third-order valence-corrected chi connectivity index (χ3v) is 4.16. The maximum Gasteiger partial charge on any atom is 0.322 e. The molecule has 0 fully saturated rings. The van der Waals surface area contributed by atoms with Crippen LogP contribution in [0.25, 0.3) is 0 Å². The maximum atomic E-state index is 12.2.